The van der Waals surface area contributed by atoms with E-state index in [0.29, 0.717) is 17.0 Å². The molecule has 0 amide bonds. The Labute approximate surface area is 165 Å². The number of aryl methyl sites for hydroxylation is 2. The molecule has 0 unspecified atom stereocenters. The molecule has 0 saturated heterocycles. The fraction of sp³-hybridized carbons (Fsp3) is 0.143. The van der Waals surface area contributed by atoms with Gasteiger partial charge in [-0.25, -0.2) is 14.5 Å². The third kappa shape index (κ3) is 2.46. The molecule has 3 heterocycles. The molecule has 0 saturated carbocycles. The molecular weight excluding hydrogens is 368 g/mol. The minimum Gasteiger partial charge on any atom is -0.330 e. The van der Waals surface area contributed by atoms with Crippen LogP contribution in [0.1, 0.15) is 17.1 Å². The topological polar surface area (TPSA) is 71.8 Å². The Morgan fingerprint density at radius 1 is 1.04 bits per heavy atom. The summed E-state index contributed by atoms with van der Waals surface area (Å²) in [6.07, 6.45) is 0. The number of rotatable bonds is 3. The number of aromatic nitrogens is 5. The average molecular weight is 384 g/mol. The molecular formula is C21H16N6S. The predicted octanol–water partition coefficient (Wildman–Crippen LogP) is 4.24. The van der Waals surface area contributed by atoms with Crippen molar-refractivity contribution in [2.24, 2.45) is 7.05 Å². The van der Waals surface area contributed by atoms with Crippen molar-refractivity contribution in [1.29, 1.82) is 5.26 Å². The first kappa shape index (κ1) is 16.8. The van der Waals surface area contributed by atoms with Crippen LogP contribution in [0, 0.1) is 18.3 Å². The van der Waals surface area contributed by atoms with Gasteiger partial charge in [0.1, 0.15) is 17.5 Å². The highest BCUT2D eigenvalue weighted by atomic mass is 32.2. The Hall–Kier alpha value is -3.37. The quantitative estimate of drug-likeness (QED) is 0.344. The van der Waals surface area contributed by atoms with E-state index in [1.807, 2.05) is 56.4 Å². The van der Waals surface area contributed by atoms with Crippen molar-refractivity contribution in [3.8, 4) is 6.07 Å². The molecule has 0 fully saturated rings. The van der Waals surface area contributed by atoms with Gasteiger partial charge in [-0.05, 0) is 25.1 Å². The highest BCUT2D eigenvalue weighted by Gasteiger charge is 2.18. The van der Waals surface area contributed by atoms with Gasteiger partial charge in [0.2, 0.25) is 0 Å². The van der Waals surface area contributed by atoms with Crippen LogP contribution in [0.15, 0.2) is 53.7 Å². The summed E-state index contributed by atoms with van der Waals surface area (Å²) in [6.45, 7) is 1.86. The predicted molar refractivity (Wildman–Crippen MR) is 110 cm³/mol. The van der Waals surface area contributed by atoms with Gasteiger partial charge in [-0.3, -0.25) is 0 Å². The highest BCUT2D eigenvalue weighted by molar-refractivity contribution is 7.98. The van der Waals surface area contributed by atoms with E-state index in [1.54, 1.807) is 16.3 Å². The van der Waals surface area contributed by atoms with Crippen LogP contribution >= 0.6 is 11.8 Å². The molecule has 6 nitrogen and oxygen atoms in total. The maximum atomic E-state index is 9.64. The molecule has 0 aliphatic rings. The van der Waals surface area contributed by atoms with Gasteiger partial charge in [-0.15, -0.1) is 0 Å². The van der Waals surface area contributed by atoms with Crippen molar-refractivity contribution in [1.82, 2.24) is 24.1 Å². The van der Waals surface area contributed by atoms with Gasteiger partial charge >= 0.3 is 0 Å². The van der Waals surface area contributed by atoms with Crippen molar-refractivity contribution < 1.29 is 0 Å². The SMILES string of the molecule is Cc1nn2c(SCc3nc4ccccc4n3C)nc3ccccc3c2c1C#N. The summed E-state index contributed by atoms with van der Waals surface area (Å²) in [6, 6.07) is 18.3. The van der Waals surface area contributed by atoms with Crippen molar-refractivity contribution in [2.45, 2.75) is 17.8 Å². The normalized spacial score (nSPS) is 11.5. The van der Waals surface area contributed by atoms with Gasteiger partial charge in [-0.1, -0.05) is 42.1 Å². The van der Waals surface area contributed by atoms with Gasteiger partial charge in [-0.2, -0.15) is 10.4 Å². The highest BCUT2D eigenvalue weighted by Crippen LogP contribution is 2.30. The summed E-state index contributed by atoms with van der Waals surface area (Å²) in [5.74, 6) is 1.63. The number of thioether (sulfide) groups is 1. The van der Waals surface area contributed by atoms with Crippen LogP contribution in [-0.2, 0) is 12.8 Å². The number of nitriles is 1. The molecule has 0 N–H and O–H groups in total. The number of imidazole rings is 1. The smallest absolute Gasteiger partial charge is 0.190 e. The second-order valence-electron chi connectivity index (χ2n) is 6.61. The van der Waals surface area contributed by atoms with Crippen molar-refractivity contribution >= 4 is 39.2 Å². The summed E-state index contributed by atoms with van der Waals surface area (Å²) in [7, 11) is 2.03. The largest absolute Gasteiger partial charge is 0.330 e. The van der Waals surface area contributed by atoms with Crippen LogP contribution in [0.3, 0.4) is 0 Å². The third-order valence-corrected chi connectivity index (χ3v) is 5.86. The molecule has 0 bridgehead atoms. The van der Waals surface area contributed by atoms with Crippen molar-refractivity contribution in [3.05, 3.63) is 65.6 Å². The van der Waals surface area contributed by atoms with Gasteiger partial charge in [0, 0.05) is 12.4 Å². The monoisotopic (exact) mass is 384 g/mol. The first-order chi connectivity index (χ1) is 13.7. The second-order valence-corrected chi connectivity index (χ2v) is 7.55. The summed E-state index contributed by atoms with van der Waals surface area (Å²) in [5.41, 5.74) is 5.08. The lowest BCUT2D eigenvalue weighted by atomic mass is 10.1. The zero-order valence-corrected chi connectivity index (χ0v) is 16.2. The Balaban J connectivity index is 1.64. The van der Waals surface area contributed by atoms with Crippen LogP contribution in [-0.4, -0.2) is 24.1 Å². The summed E-state index contributed by atoms with van der Waals surface area (Å²) in [5, 5.41) is 15.9. The summed E-state index contributed by atoms with van der Waals surface area (Å²) < 4.78 is 3.90. The molecule has 5 aromatic rings. The van der Waals surface area contributed by atoms with E-state index in [9.17, 15) is 5.26 Å². The molecule has 0 atom stereocenters. The van der Waals surface area contributed by atoms with E-state index < -0.39 is 0 Å². The average Bonchev–Trinajstić information content (AvgIpc) is 3.23. The molecule has 0 radical (unpaired) electrons. The van der Waals surface area contributed by atoms with Gasteiger partial charge in [0.05, 0.1) is 33.5 Å². The van der Waals surface area contributed by atoms with E-state index in [-0.39, 0.29) is 0 Å². The molecule has 5 rings (SSSR count). The van der Waals surface area contributed by atoms with E-state index in [4.69, 9.17) is 9.97 Å². The summed E-state index contributed by atoms with van der Waals surface area (Å²) in [4.78, 5) is 9.55. The number of benzene rings is 2. The van der Waals surface area contributed by atoms with Crippen LogP contribution in [0.4, 0.5) is 0 Å². The Morgan fingerprint density at radius 2 is 1.79 bits per heavy atom. The lowest BCUT2D eigenvalue weighted by molar-refractivity contribution is 0.794. The van der Waals surface area contributed by atoms with E-state index in [0.717, 1.165) is 38.4 Å². The Kier molecular flexibility index (Phi) is 3.81. The van der Waals surface area contributed by atoms with E-state index in [1.165, 1.54) is 0 Å². The molecule has 28 heavy (non-hydrogen) atoms. The first-order valence-electron chi connectivity index (χ1n) is 8.88. The minimum atomic E-state index is 0.600. The maximum Gasteiger partial charge on any atom is 0.190 e. The van der Waals surface area contributed by atoms with Crippen LogP contribution < -0.4 is 0 Å². The minimum absolute atomic E-state index is 0.600. The fourth-order valence-electron chi connectivity index (χ4n) is 3.52. The van der Waals surface area contributed by atoms with Gasteiger partial charge in [0.15, 0.2) is 5.16 Å². The number of para-hydroxylation sites is 3. The maximum absolute atomic E-state index is 9.64. The lowest BCUT2D eigenvalue weighted by Gasteiger charge is -2.07. The molecule has 0 spiro atoms. The number of nitrogens with zero attached hydrogens (tertiary/aromatic N) is 6. The lowest BCUT2D eigenvalue weighted by Crippen LogP contribution is -2.01. The van der Waals surface area contributed by atoms with E-state index >= 15 is 0 Å². The zero-order valence-electron chi connectivity index (χ0n) is 15.4. The fourth-order valence-corrected chi connectivity index (χ4v) is 4.45. The van der Waals surface area contributed by atoms with Crippen LogP contribution in [0.25, 0.3) is 27.5 Å². The first-order valence-corrected chi connectivity index (χ1v) is 9.87. The molecule has 7 heteroatoms. The Bertz CT molecular complexity index is 1410. The molecule has 3 aromatic heterocycles. The Morgan fingerprint density at radius 3 is 2.57 bits per heavy atom. The number of hydrogen-bond acceptors (Lipinski definition) is 5. The summed E-state index contributed by atoms with van der Waals surface area (Å²) >= 11 is 1.58. The van der Waals surface area contributed by atoms with Crippen molar-refractivity contribution in [2.75, 3.05) is 0 Å². The number of hydrogen-bond donors (Lipinski definition) is 0. The zero-order chi connectivity index (χ0) is 19.3. The molecule has 0 aliphatic heterocycles. The van der Waals surface area contributed by atoms with Crippen LogP contribution in [0.2, 0.25) is 0 Å². The second kappa shape index (κ2) is 6.36. The van der Waals surface area contributed by atoms with Crippen molar-refractivity contribution in [3.63, 3.8) is 0 Å². The van der Waals surface area contributed by atoms with Gasteiger partial charge < -0.3 is 4.57 Å². The molecule has 136 valence electrons. The molecule has 0 aliphatic carbocycles. The van der Waals surface area contributed by atoms with E-state index in [2.05, 4.69) is 21.8 Å². The van der Waals surface area contributed by atoms with Gasteiger partial charge in [0.25, 0.3) is 0 Å². The third-order valence-electron chi connectivity index (χ3n) is 4.94. The molecule has 2 aromatic carbocycles. The standard InChI is InChI=1S/C21H16N6S/c1-13-15(11-22)20-14-7-3-4-8-16(14)24-21(27(20)25-13)28-12-19-23-17-9-5-6-10-18(17)26(19)2/h3-10H,12H2,1-2H3. The number of fused-ring (bicyclic) bond motifs is 4. The van der Waals surface area contributed by atoms with Crippen LogP contribution in [0.5, 0.6) is 0 Å².